The molecule has 0 bridgehead atoms. The first kappa shape index (κ1) is 23.2. The molecule has 1 N–H and O–H groups in total. The number of rotatable bonds is 6. The minimum atomic E-state index is -0.874. The summed E-state index contributed by atoms with van der Waals surface area (Å²) in [6.45, 7) is 3.53. The van der Waals surface area contributed by atoms with E-state index >= 15 is 0 Å². The SMILES string of the molecule is CCOc1ccccc1NC(=O)CN1C(=O)C(C(=O)N2CCCCCC2)Sc2ccccc21. The minimum Gasteiger partial charge on any atom is -0.492 e. The van der Waals surface area contributed by atoms with Crippen LogP contribution in [0.25, 0.3) is 0 Å². The van der Waals surface area contributed by atoms with E-state index in [9.17, 15) is 14.4 Å². The third kappa shape index (κ3) is 5.33. The molecule has 4 rings (SSSR count). The van der Waals surface area contributed by atoms with Crippen LogP contribution in [0.1, 0.15) is 32.6 Å². The van der Waals surface area contributed by atoms with Crippen LogP contribution in [-0.2, 0) is 14.4 Å². The summed E-state index contributed by atoms with van der Waals surface area (Å²) in [4.78, 5) is 43.8. The molecular weight excluding hydrogens is 438 g/mol. The lowest BCUT2D eigenvalue weighted by atomic mass is 10.2. The molecule has 174 valence electrons. The van der Waals surface area contributed by atoms with Gasteiger partial charge in [-0.25, -0.2) is 0 Å². The quantitative estimate of drug-likeness (QED) is 0.651. The Kier molecular flexibility index (Phi) is 7.54. The number of fused-ring (bicyclic) bond motifs is 1. The van der Waals surface area contributed by atoms with Crippen LogP contribution in [0.4, 0.5) is 11.4 Å². The van der Waals surface area contributed by atoms with Gasteiger partial charge in [0.1, 0.15) is 12.3 Å². The fraction of sp³-hybridized carbons (Fsp3) is 0.400. The first-order chi connectivity index (χ1) is 16.1. The summed E-state index contributed by atoms with van der Waals surface area (Å²) in [6.07, 6.45) is 4.13. The number of para-hydroxylation sites is 3. The van der Waals surface area contributed by atoms with E-state index in [4.69, 9.17) is 4.74 Å². The predicted octanol–water partition coefficient (Wildman–Crippen LogP) is 3.93. The van der Waals surface area contributed by atoms with Crippen molar-refractivity contribution in [3.05, 3.63) is 48.5 Å². The highest BCUT2D eigenvalue weighted by Gasteiger charge is 2.40. The minimum absolute atomic E-state index is 0.159. The number of nitrogens with one attached hydrogen (secondary N) is 1. The smallest absolute Gasteiger partial charge is 0.250 e. The molecule has 2 heterocycles. The van der Waals surface area contributed by atoms with Gasteiger partial charge in [0, 0.05) is 18.0 Å². The molecule has 1 atom stereocenters. The van der Waals surface area contributed by atoms with Gasteiger partial charge in [-0.3, -0.25) is 14.4 Å². The lowest BCUT2D eigenvalue weighted by molar-refractivity contribution is -0.135. The Balaban J connectivity index is 1.54. The van der Waals surface area contributed by atoms with Crippen LogP contribution in [-0.4, -0.2) is 54.1 Å². The van der Waals surface area contributed by atoms with Gasteiger partial charge >= 0.3 is 0 Å². The Morgan fingerprint density at radius 3 is 2.48 bits per heavy atom. The Morgan fingerprint density at radius 2 is 1.73 bits per heavy atom. The zero-order valence-corrected chi connectivity index (χ0v) is 19.6. The van der Waals surface area contributed by atoms with E-state index in [1.807, 2.05) is 48.2 Å². The topological polar surface area (TPSA) is 79.0 Å². The van der Waals surface area contributed by atoms with Crippen molar-refractivity contribution in [2.24, 2.45) is 0 Å². The number of ether oxygens (including phenoxy) is 1. The molecule has 33 heavy (non-hydrogen) atoms. The molecule has 2 aliphatic rings. The van der Waals surface area contributed by atoms with Crippen LogP contribution in [0.15, 0.2) is 53.4 Å². The van der Waals surface area contributed by atoms with Gasteiger partial charge < -0.3 is 19.9 Å². The number of anilines is 2. The Hall–Kier alpha value is -3.00. The van der Waals surface area contributed by atoms with Crippen molar-refractivity contribution < 1.29 is 19.1 Å². The summed E-state index contributed by atoms with van der Waals surface area (Å²) in [7, 11) is 0. The first-order valence-corrected chi connectivity index (χ1v) is 12.3. The van der Waals surface area contributed by atoms with Gasteiger partial charge in [-0.2, -0.15) is 0 Å². The highest BCUT2D eigenvalue weighted by Crippen LogP contribution is 2.40. The molecule has 0 aliphatic carbocycles. The second-order valence-electron chi connectivity index (χ2n) is 8.11. The molecule has 1 saturated heterocycles. The van der Waals surface area contributed by atoms with E-state index in [1.54, 1.807) is 12.1 Å². The van der Waals surface area contributed by atoms with Gasteiger partial charge in [0.2, 0.25) is 11.8 Å². The number of hydrogen-bond acceptors (Lipinski definition) is 5. The van der Waals surface area contributed by atoms with Gasteiger partial charge in [0.15, 0.2) is 5.25 Å². The average Bonchev–Trinajstić information content (AvgIpc) is 3.11. The van der Waals surface area contributed by atoms with E-state index in [0.717, 1.165) is 30.6 Å². The fourth-order valence-corrected chi connectivity index (χ4v) is 5.37. The van der Waals surface area contributed by atoms with E-state index in [2.05, 4.69) is 5.32 Å². The number of benzene rings is 2. The lowest BCUT2D eigenvalue weighted by Crippen LogP contribution is -2.51. The van der Waals surface area contributed by atoms with Crippen molar-refractivity contribution in [1.29, 1.82) is 0 Å². The maximum absolute atomic E-state index is 13.5. The number of carbonyl (C=O) groups is 3. The summed E-state index contributed by atoms with van der Waals surface area (Å²) in [5.41, 5.74) is 1.20. The maximum Gasteiger partial charge on any atom is 0.250 e. The first-order valence-electron chi connectivity index (χ1n) is 11.5. The van der Waals surface area contributed by atoms with Crippen molar-refractivity contribution in [2.75, 3.05) is 36.5 Å². The molecule has 0 spiro atoms. The van der Waals surface area contributed by atoms with Crippen LogP contribution in [0, 0.1) is 0 Å². The number of carbonyl (C=O) groups excluding carboxylic acids is 3. The predicted molar refractivity (Wildman–Crippen MR) is 130 cm³/mol. The molecule has 2 aromatic carbocycles. The Bertz CT molecular complexity index is 1020. The number of likely N-dealkylation sites (tertiary alicyclic amines) is 1. The second-order valence-corrected chi connectivity index (χ2v) is 9.25. The van der Waals surface area contributed by atoms with E-state index in [1.165, 1.54) is 16.7 Å². The van der Waals surface area contributed by atoms with Crippen LogP contribution in [0.3, 0.4) is 0 Å². The van der Waals surface area contributed by atoms with Gasteiger partial charge in [-0.05, 0) is 44.0 Å². The van der Waals surface area contributed by atoms with Crippen LogP contribution >= 0.6 is 11.8 Å². The normalized spacial score (nSPS) is 18.3. The van der Waals surface area contributed by atoms with Crippen LogP contribution in [0.2, 0.25) is 0 Å². The largest absolute Gasteiger partial charge is 0.492 e. The molecule has 0 radical (unpaired) electrons. The van der Waals surface area contributed by atoms with Gasteiger partial charge in [-0.15, -0.1) is 11.8 Å². The number of nitrogens with zero attached hydrogens (tertiary/aromatic N) is 2. The molecule has 2 aromatic rings. The number of hydrogen-bond donors (Lipinski definition) is 1. The molecule has 3 amide bonds. The third-order valence-corrected chi connectivity index (χ3v) is 7.03. The number of thioether (sulfide) groups is 1. The Morgan fingerprint density at radius 1 is 1.03 bits per heavy atom. The summed E-state index contributed by atoms with van der Waals surface area (Å²) in [5.74, 6) is -0.281. The summed E-state index contributed by atoms with van der Waals surface area (Å²) < 4.78 is 5.58. The van der Waals surface area contributed by atoms with Gasteiger partial charge in [0.05, 0.1) is 18.0 Å². The van der Waals surface area contributed by atoms with Crippen molar-refractivity contribution in [1.82, 2.24) is 4.90 Å². The molecule has 1 unspecified atom stereocenters. The zero-order chi connectivity index (χ0) is 23.2. The van der Waals surface area contributed by atoms with Crippen LogP contribution in [0.5, 0.6) is 5.75 Å². The van der Waals surface area contributed by atoms with Crippen molar-refractivity contribution in [3.8, 4) is 5.75 Å². The average molecular weight is 468 g/mol. The highest BCUT2D eigenvalue weighted by molar-refractivity contribution is 8.01. The van der Waals surface area contributed by atoms with E-state index in [-0.39, 0.29) is 24.3 Å². The summed E-state index contributed by atoms with van der Waals surface area (Å²) >= 11 is 1.28. The lowest BCUT2D eigenvalue weighted by Gasteiger charge is -2.34. The standard InChI is InChI=1S/C25H29N3O4S/c1-2-32-20-13-7-5-11-18(20)26-22(29)17-28-19-12-6-8-14-21(19)33-23(25(28)31)24(30)27-15-9-3-4-10-16-27/h5-8,11-14,23H,2-4,9-10,15-17H2,1H3,(H,26,29). The molecular formula is C25H29N3O4S. The molecule has 2 aliphatic heterocycles. The molecule has 0 saturated carbocycles. The monoisotopic (exact) mass is 467 g/mol. The molecule has 0 aromatic heterocycles. The van der Waals surface area contributed by atoms with Crippen molar-refractivity contribution in [2.45, 2.75) is 42.8 Å². The van der Waals surface area contributed by atoms with Gasteiger partial charge in [0.25, 0.3) is 5.91 Å². The molecule has 8 heteroatoms. The van der Waals surface area contributed by atoms with Crippen molar-refractivity contribution >= 4 is 40.9 Å². The third-order valence-electron chi connectivity index (χ3n) is 5.80. The number of amides is 3. The molecule has 1 fully saturated rings. The highest BCUT2D eigenvalue weighted by atomic mass is 32.2. The van der Waals surface area contributed by atoms with E-state index < -0.39 is 5.25 Å². The van der Waals surface area contributed by atoms with Gasteiger partial charge in [-0.1, -0.05) is 37.1 Å². The zero-order valence-electron chi connectivity index (χ0n) is 18.8. The summed E-state index contributed by atoms with van der Waals surface area (Å²) in [6, 6.07) is 14.6. The van der Waals surface area contributed by atoms with E-state index in [0.29, 0.717) is 36.8 Å². The van der Waals surface area contributed by atoms with Crippen LogP contribution < -0.4 is 15.0 Å². The van der Waals surface area contributed by atoms with Crippen molar-refractivity contribution in [3.63, 3.8) is 0 Å². The second kappa shape index (κ2) is 10.7. The Labute approximate surface area is 198 Å². The maximum atomic E-state index is 13.5. The summed E-state index contributed by atoms with van der Waals surface area (Å²) in [5, 5.41) is 1.98. The fourth-order valence-electron chi connectivity index (χ4n) is 4.18. The molecule has 7 nitrogen and oxygen atoms in total.